The van der Waals surface area contributed by atoms with Gasteiger partial charge in [0.1, 0.15) is 0 Å². The lowest BCUT2D eigenvalue weighted by Crippen LogP contribution is -2.11. The zero-order valence-corrected chi connectivity index (χ0v) is 16.8. The van der Waals surface area contributed by atoms with Crippen molar-refractivity contribution in [2.45, 2.75) is 52.4 Å². The molecule has 0 saturated heterocycles. The molecule has 0 aliphatic heterocycles. The second kappa shape index (κ2) is 6.72. The molecule has 0 unspecified atom stereocenters. The second-order valence-electron chi connectivity index (χ2n) is 9.09. The number of aromatic nitrogens is 1. The van der Waals surface area contributed by atoms with Crippen molar-refractivity contribution in [1.82, 2.24) is 4.98 Å². The number of benzene rings is 2. The van der Waals surface area contributed by atoms with Crippen LogP contribution in [0.15, 0.2) is 66.9 Å². The Morgan fingerprint density at radius 2 is 0.923 bits per heavy atom. The highest BCUT2D eigenvalue weighted by molar-refractivity contribution is 5.69. The monoisotopic (exact) mass is 343 g/mol. The Morgan fingerprint density at radius 1 is 0.500 bits per heavy atom. The van der Waals surface area contributed by atoms with E-state index in [4.69, 9.17) is 0 Å². The van der Waals surface area contributed by atoms with Crippen LogP contribution in [0.5, 0.6) is 0 Å². The summed E-state index contributed by atoms with van der Waals surface area (Å²) in [5.74, 6) is 0. The zero-order valence-electron chi connectivity index (χ0n) is 16.8. The van der Waals surface area contributed by atoms with Gasteiger partial charge >= 0.3 is 0 Å². The molecule has 0 aliphatic carbocycles. The predicted octanol–water partition coefficient (Wildman–Crippen LogP) is 7.01. The first-order valence-electron chi connectivity index (χ1n) is 9.32. The van der Waals surface area contributed by atoms with Crippen molar-refractivity contribution >= 4 is 0 Å². The van der Waals surface area contributed by atoms with E-state index in [-0.39, 0.29) is 10.8 Å². The summed E-state index contributed by atoms with van der Waals surface area (Å²) in [4.78, 5) is 4.66. The molecule has 2 aromatic carbocycles. The van der Waals surface area contributed by atoms with Gasteiger partial charge in [-0.25, -0.2) is 0 Å². The maximum absolute atomic E-state index is 4.66. The molecule has 0 fully saturated rings. The van der Waals surface area contributed by atoms with Gasteiger partial charge in [0, 0.05) is 11.8 Å². The summed E-state index contributed by atoms with van der Waals surface area (Å²) >= 11 is 0. The average Bonchev–Trinajstić information content (AvgIpc) is 2.61. The van der Waals surface area contributed by atoms with Crippen LogP contribution in [0.3, 0.4) is 0 Å². The average molecular weight is 344 g/mol. The first-order valence-corrected chi connectivity index (χ1v) is 9.32. The van der Waals surface area contributed by atoms with Gasteiger partial charge < -0.3 is 0 Å². The lowest BCUT2D eigenvalue weighted by molar-refractivity contribution is 0.587. The van der Waals surface area contributed by atoms with Crippen molar-refractivity contribution in [2.24, 2.45) is 0 Å². The van der Waals surface area contributed by atoms with E-state index in [1.165, 1.54) is 22.3 Å². The third-order valence-corrected chi connectivity index (χ3v) is 4.89. The van der Waals surface area contributed by atoms with Crippen LogP contribution in [0.1, 0.15) is 52.7 Å². The topological polar surface area (TPSA) is 12.9 Å². The molecule has 0 atom stereocenters. The molecule has 3 aromatic rings. The highest BCUT2D eigenvalue weighted by Gasteiger charge is 2.14. The Morgan fingerprint density at radius 3 is 1.35 bits per heavy atom. The molecule has 0 amide bonds. The smallest absolute Gasteiger partial charge is 0.0702 e. The summed E-state index contributed by atoms with van der Waals surface area (Å²) in [6.07, 6.45) is 1.99. The molecule has 134 valence electrons. The van der Waals surface area contributed by atoms with Crippen LogP contribution < -0.4 is 0 Å². The molecule has 1 heterocycles. The molecule has 1 aromatic heterocycles. The largest absolute Gasteiger partial charge is 0.256 e. The van der Waals surface area contributed by atoms with Gasteiger partial charge in [0.05, 0.1) is 5.69 Å². The fourth-order valence-corrected chi connectivity index (χ4v) is 3.00. The third-order valence-electron chi connectivity index (χ3n) is 4.89. The number of hydrogen-bond donors (Lipinski definition) is 0. The second-order valence-corrected chi connectivity index (χ2v) is 9.09. The number of hydrogen-bond acceptors (Lipinski definition) is 1. The molecule has 1 heteroatoms. The molecule has 0 aliphatic rings. The van der Waals surface area contributed by atoms with Crippen LogP contribution in [-0.4, -0.2) is 4.98 Å². The van der Waals surface area contributed by atoms with Crippen molar-refractivity contribution in [3.8, 4) is 22.4 Å². The highest BCUT2D eigenvalue weighted by atomic mass is 14.7. The van der Waals surface area contributed by atoms with Gasteiger partial charge in [-0.1, -0.05) is 96.1 Å². The van der Waals surface area contributed by atoms with E-state index in [0.717, 1.165) is 11.3 Å². The van der Waals surface area contributed by atoms with Crippen LogP contribution in [0.25, 0.3) is 22.4 Å². The lowest BCUT2D eigenvalue weighted by Gasteiger charge is -2.19. The molecular formula is C25H29N. The molecule has 0 N–H and O–H groups in total. The minimum absolute atomic E-state index is 0.134. The normalized spacial score (nSPS) is 12.2. The summed E-state index contributed by atoms with van der Waals surface area (Å²) in [6.45, 7) is 13.4. The maximum atomic E-state index is 4.66. The Labute approximate surface area is 158 Å². The molecule has 0 bridgehead atoms. The van der Waals surface area contributed by atoms with Crippen molar-refractivity contribution in [3.05, 3.63) is 78.0 Å². The fourth-order valence-electron chi connectivity index (χ4n) is 3.00. The van der Waals surface area contributed by atoms with Gasteiger partial charge in [0.15, 0.2) is 0 Å². The lowest BCUT2D eigenvalue weighted by atomic mass is 9.86. The van der Waals surface area contributed by atoms with E-state index in [9.17, 15) is 0 Å². The van der Waals surface area contributed by atoms with E-state index in [1.54, 1.807) is 0 Å². The van der Waals surface area contributed by atoms with E-state index in [0.29, 0.717) is 0 Å². The minimum atomic E-state index is 0.134. The first-order chi connectivity index (χ1) is 12.1. The molecule has 0 saturated carbocycles. The SMILES string of the molecule is CC(C)(C)c1ccc(-c2ccc(-c3ccc(C(C)(C)C)cn3)cc2)cc1. The molecular weight excluding hydrogens is 314 g/mol. The maximum Gasteiger partial charge on any atom is 0.0702 e. The summed E-state index contributed by atoms with van der Waals surface area (Å²) in [6, 6.07) is 21.9. The Hall–Kier alpha value is -2.41. The van der Waals surface area contributed by atoms with Crippen molar-refractivity contribution in [2.75, 3.05) is 0 Å². The van der Waals surface area contributed by atoms with Crippen molar-refractivity contribution < 1.29 is 0 Å². The zero-order chi connectivity index (χ0) is 18.9. The van der Waals surface area contributed by atoms with Gasteiger partial charge in [-0.05, 0) is 39.2 Å². The molecule has 26 heavy (non-hydrogen) atoms. The van der Waals surface area contributed by atoms with Crippen LogP contribution in [0, 0.1) is 0 Å². The summed E-state index contributed by atoms with van der Waals surface area (Å²) in [5.41, 5.74) is 7.61. The van der Waals surface area contributed by atoms with E-state index >= 15 is 0 Å². The van der Waals surface area contributed by atoms with Crippen molar-refractivity contribution in [3.63, 3.8) is 0 Å². The number of nitrogens with zero attached hydrogens (tertiary/aromatic N) is 1. The predicted molar refractivity (Wildman–Crippen MR) is 113 cm³/mol. The Balaban J connectivity index is 1.82. The summed E-state index contributed by atoms with van der Waals surface area (Å²) in [5, 5.41) is 0. The van der Waals surface area contributed by atoms with Gasteiger partial charge in [0.2, 0.25) is 0 Å². The van der Waals surface area contributed by atoms with Gasteiger partial charge in [-0.3, -0.25) is 4.98 Å². The van der Waals surface area contributed by atoms with Crippen LogP contribution >= 0.6 is 0 Å². The molecule has 1 nitrogen and oxygen atoms in total. The van der Waals surface area contributed by atoms with Gasteiger partial charge in [0.25, 0.3) is 0 Å². The molecule has 0 radical (unpaired) electrons. The summed E-state index contributed by atoms with van der Waals surface area (Å²) < 4.78 is 0. The van der Waals surface area contributed by atoms with E-state index < -0.39 is 0 Å². The quantitative estimate of drug-likeness (QED) is 0.487. The standard InChI is InChI=1S/C25H29N/c1-24(2,3)21-13-11-19(12-14-21)18-7-9-20(10-8-18)23-16-15-22(17-26-23)25(4,5)6/h7-17H,1-6H3. The van der Waals surface area contributed by atoms with Crippen LogP contribution in [-0.2, 0) is 10.8 Å². The molecule has 0 spiro atoms. The summed E-state index contributed by atoms with van der Waals surface area (Å²) in [7, 11) is 0. The first kappa shape index (κ1) is 18.4. The van der Waals surface area contributed by atoms with Crippen molar-refractivity contribution in [1.29, 1.82) is 0 Å². The van der Waals surface area contributed by atoms with Crippen LogP contribution in [0.2, 0.25) is 0 Å². The van der Waals surface area contributed by atoms with Gasteiger partial charge in [-0.2, -0.15) is 0 Å². The van der Waals surface area contributed by atoms with E-state index in [2.05, 4.69) is 107 Å². The highest BCUT2D eigenvalue weighted by Crippen LogP contribution is 2.28. The van der Waals surface area contributed by atoms with Crippen LogP contribution in [0.4, 0.5) is 0 Å². The fraction of sp³-hybridized carbons (Fsp3) is 0.320. The Bertz CT molecular complexity index is 779. The number of rotatable bonds is 2. The minimum Gasteiger partial charge on any atom is -0.256 e. The molecule has 3 rings (SSSR count). The van der Waals surface area contributed by atoms with Gasteiger partial charge in [-0.15, -0.1) is 0 Å². The Kier molecular flexibility index (Phi) is 4.75. The van der Waals surface area contributed by atoms with E-state index in [1.807, 2.05) is 6.20 Å². The third kappa shape index (κ3) is 4.04. The number of pyridine rings is 1.